The van der Waals surface area contributed by atoms with E-state index in [0.29, 0.717) is 18.7 Å². The van der Waals surface area contributed by atoms with Gasteiger partial charge in [-0.25, -0.2) is 0 Å². The Labute approximate surface area is 124 Å². The number of rotatable bonds is 4. The first-order valence-electron chi connectivity index (χ1n) is 6.84. The predicted molar refractivity (Wildman–Crippen MR) is 83.0 cm³/mol. The van der Waals surface area contributed by atoms with E-state index in [1.807, 2.05) is 37.3 Å². The normalized spacial score (nSPS) is 10.4. The van der Waals surface area contributed by atoms with Gasteiger partial charge in [0.2, 0.25) is 0 Å². The monoisotopic (exact) mass is 284 g/mol. The zero-order chi connectivity index (χ0) is 15.4. The number of hydrogen-bond donors (Lipinski definition) is 2. The molecule has 0 aliphatic carbocycles. The van der Waals surface area contributed by atoms with Gasteiger partial charge < -0.3 is 15.7 Å². The maximum Gasteiger partial charge on any atom is 0.257 e. The van der Waals surface area contributed by atoms with Crippen LogP contribution in [0.2, 0.25) is 0 Å². The highest BCUT2D eigenvalue weighted by Crippen LogP contribution is 2.20. The standard InChI is InChI=1S/C17H20N2O2/c1-12-3-8-15(16(20)9-12)17(21)19(2)11-14-6-4-13(10-18)5-7-14/h3-9,20H,10-11,18H2,1-2H3. The zero-order valence-electron chi connectivity index (χ0n) is 12.3. The Kier molecular flexibility index (Phi) is 4.60. The third-order valence-corrected chi connectivity index (χ3v) is 3.41. The first-order chi connectivity index (χ1) is 10.0. The highest BCUT2D eigenvalue weighted by molar-refractivity contribution is 5.96. The molecule has 0 aliphatic heterocycles. The first-order valence-corrected chi connectivity index (χ1v) is 6.84. The molecule has 0 spiro atoms. The summed E-state index contributed by atoms with van der Waals surface area (Å²) in [4.78, 5) is 13.9. The van der Waals surface area contributed by atoms with Gasteiger partial charge in [0.05, 0.1) is 5.56 Å². The Morgan fingerprint density at radius 1 is 1.14 bits per heavy atom. The topological polar surface area (TPSA) is 66.6 Å². The van der Waals surface area contributed by atoms with Crippen molar-refractivity contribution in [3.63, 3.8) is 0 Å². The van der Waals surface area contributed by atoms with Crippen molar-refractivity contribution in [2.24, 2.45) is 5.73 Å². The van der Waals surface area contributed by atoms with Crippen LogP contribution in [0.3, 0.4) is 0 Å². The third-order valence-electron chi connectivity index (χ3n) is 3.41. The zero-order valence-corrected chi connectivity index (χ0v) is 12.3. The van der Waals surface area contributed by atoms with Crippen molar-refractivity contribution in [3.8, 4) is 5.75 Å². The van der Waals surface area contributed by atoms with Crippen molar-refractivity contribution in [1.29, 1.82) is 0 Å². The molecular formula is C17H20N2O2. The first kappa shape index (κ1) is 15.1. The minimum absolute atomic E-state index is 0.0188. The van der Waals surface area contributed by atoms with Crippen molar-refractivity contribution >= 4 is 5.91 Å². The van der Waals surface area contributed by atoms with Crippen LogP contribution in [-0.4, -0.2) is 23.0 Å². The van der Waals surface area contributed by atoms with E-state index >= 15 is 0 Å². The second kappa shape index (κ2) is 6.41. The minimum atomic E-state index is -0.199. The summed E-state index contributed by atoms with van der Waals surface area (Å²) in [6.45, 7) is 2.86. The molecule has 0 unspecified atom stereocenters. The van der Waals surface area contributed by atoms with Gasteiger partial charge in [-0.05, 0) is 35.7 Å². The van der Waals surface area contributed by atoms with Crippen LogP contribution in [0.4, 0.5) is 0 Å². The number of nitrogens with zero attached hydrogens (tertiary/aromatic N) is 1. The maximum absolute atomic E-state index is 12.4. The summed E-state index contributed by atoms with van der Waals surface area (Å²) >= 11 is 0. The Balaban J connectivity index is 2.11. The lowest BCUT2D eigenvalue weighted by molar-refractivity contribution is 0.0782. The summed E-state index contributed by atoms with van der Waals surface area (Å²) in [7, 11) is 1.72. The molecule has 4 heteroatoms. The van der Waals surface area contributed by atoms with Crippen LogP contribution in [-0.2, 0) is 13.1 Å². The number of phenols is 1. The quantitative estimate of drug-likeness (QED) is 0.906. The number of hydrogen-bond acceptors (Lipinski definition) is 3. The van der Waals surface area contributed by atoms with Crippen LogP contribution in [0, 0.1) is 6.92 Å². The summed E-state index contributed by atoms with van der Waals surface area (Å²) in [6.07, 6.45) is 0. The third kappa shape index (κ3) is 3.61. The second-order valence-electron chi connectivity index (χ2n) is 5.20. The Morgan fingerprint density at radius 2 is 1.76 bits per heavy atom. The van der Waals surface area contributed by atoms with E-state index in [1.165, 1.54) is 0 Å². The van der Waals surface area contributed by atoms with Crippen molar-refractivity contribution in [1.82, 2.24) is 4.90 Å². The fourth-order valence-electron chi connectivity index (χ4n) is 2.15. The number of amides is 1. The molecule has 2 aromatic carbocycles. The van der Waals surface area contributed by atoms with E-state index < -0.39 is 0 Å². The molecule has 0 saturated carbocycles. The molecule has 110 valence electrons. The highest BCUT2D eigenvalue weighted by Gasteiger charge is 2.15. The van der Waals surface area contributed by atoms with Crippen LogP contribution in [0.15, 0.2) is 42.5 Å². The smallest absolute Gasteiger partial charge is 0.257 e. The number of carbonyl (C=O) groups excluding carboxylic acids is 1. The maximum atomic E-state index is 12.4. The molecule has 0 aliphatic rings. The summed E-state index contributed by atoms with van der Waals surface area (Å²) in [6, 6.07) is 12.9. The van der Waals surface area contributed by atoms with E-state index in [0.717, 1.165) is 16.7 Å². The average Bonchev–Trinajstić information content (AvgIpc) is 2.47. The molecule has 2 rings (SSSR count). The lowest BCUT2D eigenvalue weighted by Crippen LogP contribution is -2.26. The van der Waals surface area contributed by atoms with E-state index in [4.69, 9.17) is 5.73 Å². The van der Waals surface area contributed by atoms with E-state index in [9.17, 15) is 9.90 Å². The number of carbonyl (C=O) groups is 1. The van der Waals surface area contributed by atoms with Crippen molar-refractivity contribution in [2.45, 2.75) is 20.0 Å². The van der Waals surface area contributed by atoms with Gasteiger partial charge in [-0.2, -0.15) is 0 Å². The van der Waals surface area contributed by atoms with Gasteiger partial charge in [0.1, 0.15) is 5.75 Å². The summed E-state index contributed by atoms with van der Waals surface area (Å²) in [5, 5.41) is 9.88. The molecule has 4 nitrogen and oxygen atoms in total. The molecule has 1 amide bonds. The van der Waals surface area contributed by atoms with Crippen LogP contribution in [0.5, 0.6) is 5.75 Å². The molecule has 0 atom stereocenters. The molecule has 0 aromatic heterocycles. The summed E-state index contributed by atoms with van der Waals surface area (Å²) < 4.78 is 0. The Bertz CT molecular complexity index is 636. The molecule has 0 fully saturated rings. The van der Waals surface area contributed by atoms with Crippen molar-refractivity contribution < 1.29 is 9.90 Å². The largest absolute Gasteiger partial charge is 0.507 e. The number of aromatic hydroxyl groups is 1. The molecule has 2 aromatic rings. The molecular weight excluding hydrogens is 264 g/mol. The van der Waals surface area contributed by atoms with Gasteiger partial charge in [0, 0.05) is 20.1 Å². The van der Waals surface area contributed by atoms with Gasteiger partial charge in [-0.1, -0.05) is 30.3 Å². The van der Waals surface area contributed by atoms with Crippen molar-refractivity contribution in [3.05, 3.63) is 64.7 Å². The lowest BCUT2D eigenvalue weighted by atomic mass is 10.1. The molecule has 21 heavy (non-hydrogen) atoms. The average molecular weight is 284 g/mol. The molecule has 0 saturated heterocycles. The van der Waals surface area contributed by atoms with Gasteiger partial charge in [-0.3, -0.25) is 4.79 Å². The van der Waals surface area contributed by atoms with Crippen molar-refractivity contribution in [2.75, 3.05) is 7.05 Å². The Morgan fingerprint density at radius 3 is 2.33 bits per heavy atom. The van der Waals surface area contributed by atoms with Crippen LogP contribution < -0.4 is 5.73 Å². The minimum Gasteiger partial charge on any atom is -0.507 e. The fourth-order valence-corrected chi connectivity index (χ4v) is 2.15. The van der Waals surface area contributed by atoms with Crippen LogP contribution in [0.25, 0.3) is 0 Å². The number of benzene rings is 2. The van der Waals surface area contributed by atoms with Gasteiger partial charge in [-0.15, -0.1) is 0 Å². The summed E-state index contributed by atoms with van der Waals surface area (Å²) in [5.74, 6) is -0.180. The summed E-state index contributed by atoms with van der Waals surface area (Å²) in [5.41, 5.74) is 8.89. The van der Waals surface area contributed by atoms with E-state index in [1.54, 1.807) is 24.1 Å². The van der Waals surface area contributed by atoms with Crippen LogP contribution in [0.1, 0.15) is 27.0 Å². The fraction of sp³-hybridized carbons (Fsp3) is 0.235. The van der Waals surface area contributed by atoms with E-state index in [2.05, 4.69) is 0 Å². The molecule has 0 bridgehead atoms. The number of aryl methyl sites for hydroxylation is 1. The van der Waals surface area contributed by atoms with Gasteiger partial charge in [0.15, 0.2) is 0 Å². The second-order valence-corrected chi connectivity index (χ2v) is 5.20. The Hall–Kier alpha value is -2.33. The lowest BCUT2D eigenvalue weighted by Gasteiger charge is -2.18. The van der Waals surface area contributed by atoms with E-state index in [-0.39, 0.29) is 11.7 Å². The van der Waals surface area contributed by atoms with Gasteiger partial charge in [0.25, 0.3) is 5.91 Å². The molecule has 3 N–H and O–H groups in total. The highest BCUT2D eigenvalue weighted by atomic mass is 16.3. The predicted octanol–water partition coefficient (Wildman–Crippen LogP) is 2.43. The van der Waals surface area contributed by atoms with Gasteiger partial charge >= 0.3 is 0 Å². The number of phenolic OH excluding ortho intramolecular Hbond substituents is 1. The van der Waals surface area contributed by atoms with Crippen LogP contribution >= 0.6 is 0 Å². The molecule has 0 heterocycles. The molecule has 0 radical (unpaired) electrons. The number of nitrogens with two attached hydrogens (primary N) is 1. The SMILES string of the molecule is Cc1ccc(C(=O)N(C)Cc2ccc(CN)cc2)c(O)c1.